The van der Waals surface area contributed by atoms with Crippen LogP contribution in [-0.4, -0.2) is 0 Å². The molecule has 0 aliphatic carbocycles. The second-order valence-electron chi connectivity index (χ2n) is 5.56. The molecule has 27 heavy (non-hydrogen) atoms. The molecule has 1 nitrogen and oxygen atoms in total. The van der Waals surface area contributed by atoms with Gasteiger partial charge in [-0.05, 0) is 47.5 Å². The Morgan fingerprint density at radius 3 is 1.81 bits per heavy atom. The highest BCUT2D eigenvalue weighted by Crippen LogP contribution is 2.37. The molecule has 0 aliphatic rings. The van der Waals surface area contributed by atoms with Crippen molar-refractivity contribution in [1.29, 1.82) is 0 Å². The third kappa shape index (κ3) is 4.05. The van der Waals surface area contributed by atoms with Crippen molar-refractivity contribution in [3.05, 3.63) is 83.4 Å². The minimum Gasteiger partial charge on any atom is -0.429 e. The Kier molecular flexibility index (Phi) is 5.10. The monoisotopic (exact) mass is 400 g/mol. The Bertz CT molecular complexity index is 965. The molecule has 0 saturated carbocycles. The van der Waals surface area contributed by atoms with Crippen LogP contribution in [0.3, 0.4) is 0 Å². The third-order valence-electron chi connectivity index (χ3n) is 3.67. The summed E-state index contributed by atoms with van der Waals surface area (Å²) in [6.45, 7) is 0. The van der Waals surface area contributed by atoms with Crippen LogP contribution in [0, 0.1) is 23.3 Å². The van der Waals surface area contributed by atoms with Crippen molar-refractivity contribution < 1.29 is 31.1 Å². The lowest BCUT2D eigenvalue weighted by molar-refractivity contribution is -0.189. The van der Waals surface area contributed by atoms with E-state index in [1.807, 2.05) is 0 Å². The summed E-state index contributed by atoms with van der Waals surface area (Å²) in [5.74, 6) is -6.60. The van der Waals surface area contributed by atoms with Gasteiger partial charge in [0, 0.05) is 11.0 Å². The van der Waals surface area contributed by atoms with Crippen LogP contribution in [0.2, 0.25) is 0 Å². The zero-order valence-electron chi connectivity index (χ0n) is 13.3. The normalized spacial score (nSPS) is 11.5. The van der Waals surface area contributed by atoms with E-state index in [1.54, 1.807) is 12.1 Å². The van der Waals surface area contributed by atoms with E-state index in [9.17, 15) is 26.3 Å². The molecule has 0 fully saturated rings. The van der Waals surface area contributed by atoms with Crippen LogP contribution in [0.15, 0.2) is 59.5 Å². The molecule has 0 amide bonds. The molecule has 3 aromatic carbocycles. The summed E-state index contributed by atoms with van der Waals surface area (Å²) in [5, 5.41) is 0. The van der Waals surface area contributed by atoms with E-state index >= 15 is 0 Å². The SMILES string of the molecule is Fc1ccc(OC(F)(F)c2c(F)cc(-c3ccc(S)cc3)cc2F)cc1F. The molecular formula is C19H10F6OS. The molecular weight excluding hydrogens is 390 g/mol. The fraction of sp³-hybridized carbons (Fsp3) is 0.0526. The number of alkyl halides is 2. The molecule has 3 aromatic rings. The van der Waals surface area contributed by atoms with Gasteiger partial charge in [-0.25, -0.2) is 17.6 Å². The van der Waals surface area contributed by atoms with E-state index in [0.717, 1.165) is 18.2 Å². The fourth-order valence-electron chi connectivity index (χ4n) is 2.41. The maximum atomic E-state index is 14.3. The van der Waals surface area contributed by atoms with Crippen LogP contribution >= 0.6 is 12.6 Å². The van der Waals surface area contributed by atoms with Crippen molar-refractivity contribution in [3.8, 4) is 16.9 Å². The number of hydrogen-bond acceptors (Lipinski definition) is 2. The molecule has 0 aliphatic heterocycles. The summed E-state index contributed by atoms with van der Waals surface area (Å²) in [5.41, 5.74) is -1.21. The van der Waals surface area contributed by atoms with Gasteiger partial charge >= 0.3 is 6.11 Å². The van der Waals surface area contributed by atoms with Crippen LogP contribution in [0.1, 0.15) is 5.56 Å². The minimum absolute atomic E-state index is 0.0331. The molecule has 0 radical (unpaired) electrons. The first kappa shape index (κ1) is 19.2. The quantitative estimate of drug-likeness (QED) is 0.398. The highest BCUT2D eigenvalue weighted by molar-refractivity contribution is 7.80. The predicted octanol–water partition coefficient (Wildman–Crippen LogP) is 6.33. The average Bonchev–Trinajstić information content (AvgIpc) is 2.57. The predicted molar refractivity (Wildman–Crippen MR) is 89.9 cm³/mol. The topological polar surface area (TPSA) is 9.23 Å². The molecule has 0 N–H and O–H groups in total. The summed E-state index contributed by atoms with van der Waals surface area (Å²) in [4.78, 5) is 0.614. The number of hydrogen-bond donors (Lipinski definition) is 1. The van der Waals surface area contributed by atoms with Gasteiger partial charge in [0.1, 0.15) is 22.9 Å². The molecule has 0 bridgehead atoms. The van der Waals surface area contributed by atoms with Crippen molar-refractivity contribution in [2.75, 3.05) is 0 Å². The fourth-order valence-corrected chi connectivity index (χ4v) is 2.56. The maximum Gasteiger partial charge on any atom is 0.432 e. The lowest BCUT2D eigenvalue weighted by Gasteiger charge is -2.20. The van der Waals surface area contributed by atoms with Gasteiger partial charge in [-0.3, -0.25) is 0 Å². The molecule has 8 heteroatoms. The second kappa shape index (κ2) is 7.19. The number of thiol groups is 1. The molecule has 140 valence electrons. The minimum atomic E-state index is -4.45. The maximum absolute atomic E-state index is 14.3. The van der Waals surface area contributed by atoms with Gasteiger partial charge in [-0.2, -0.15) is 8.78 Å². The molecule has 0 spiro atoms. The summed E-state index contributed by atoms with van der Waals surface area (Å²) < 4.78 is 87.3. The molecule has 0 aromatic heterocycles. The van der Waals surface area contributed by atoms with Gasteiger partial charge in [0.15, 0.2) is 11.6 Å². The Labute approximate surface area is 155 Å². The summed E-state index contributed by atoms with van der Waals surface area (Å²) >= 11 is 4.09. The van der Waals surface area contributed by atoms with E-state index < -0.39 is 40.7 Å². The highest BCUT2D eigenvalue weighted by atomic mass is 32.1. The van der Waals surface area contributed by atoms with Crippen molar-refractivity contribution >= 4 is 12.6 Å². The number of rotatable bonds is 4. The van der Waals surface area contributed by atoms with Crippen molar-refractivity contribution in [3.63, 3.8) is 0 Å². The first-order valence-electron chi connectivity index (χ1n) is 7.48. The Morgan fingerprint density at radius 1 is 0.667 bits per heavy atom. The van der Waals surface area contributed by atoms with Gasteiger partial charge in [0.2, 0.25) is 0 Å². The second-order valence-corrected chi connectivity index (χ2v) is 6.07. The Morgan fingerprint density at radius 2 is 1.26 bits per heavy atom. The zero-order valence-corrected chi connectivity index (χ0v) is 14.2. The van der Waals surface area contributed by atoms with Crippen molar-refractivity contribution in [2.45, 2.75) is 11.0 Å². The van der Waals surface area contributed by atoms with E-state index in [-0.39, 0.29) is 5.56 Å². The molecule has 0 unspecified atom stereocenters. The number of ether oxygens (including phenoxy) is 1. The molecule has 0 atom stereocenters. The van der Waals surface area contributed by atoms with E-state index in [2.05, 4.69) is 17.4 Å². The van der Waals surface area contributed by atoms with Crippen molar-refractivity contribution in [1.82, 2.24) is 0 Å². The molecule has 0 saturated heterocycles. The van der Waals surface area contributed by atoms with Gasteiger partial charge in [-0.1, -0.05) is 12.1 Å². The van der Waals surface area contributed by atoms with E-state index in [1.165, 1.54) is 12.1 Å². The van der Waals surface area contributed by atoms with Crippen LogP contribution in [-0.2, 0) is 6.11 Å². The Hall–Kier alpha value is -2.61. The third-order valence-corrected chi connectivity index (χ3v) is 3.97. The van der Waals surface area contributed by atoms with Gasteiger partial charge < -0.3 is 4.74 Å². The summed E-state index contributed by atoms with van der Waals surface area (Å²) in [7, 11) is 0. The van der Waals surface area contributed by atoms with Gasteiger partial charge in [0.25, 0.3) is 0 Å². The largest absolute Gasteiger partial charge is 0.432 e. The summed E-state index contributed by atoms with van der Waals surface area (Å²) in [6.07, 6.45) is -4.45. The summed E-state index contributed by atoms with van der Waals surface area (Å²) in [6, 6.07) is 9.27. The standard InChI is InChI=1S/C19H10F6OS/c20-14-6-3-12(9-15(14)21)26-19(24,25)18-16(22)7-11(8-17(18)23)10-1-4-13(27)5-2-10/h1-9,27H. The van der Waals surface area contributed by atoms with Crippen LogP contribution in [0.5, 0.6) is 5.75 Å². The number of benzene rings is 3. The molecule has 0 heterocycles. The van der Waals surface area contributed by atoms with E-state index in [4.69, 9.17) is 0 Å². The van der Waals surface area contributed by atoms with Crippen LogP contribution < -0.4 is 4.74 Å². The zero-order chi connectivity index (χ0) is 19.8. The first-order chi connectivity index (χ1) is 12.7. The van der Waals surface area contributed by atoms with Crippen LogP contribution in [0.25, 0.3) is 11.1 Å². The van der Waals surface area contributed by atoms with Crippen molar-refractivity contribution in [2.24, 2.45) is 0 Å². The Balaban J connectivity index is 1.97. The first-order valence-corrected chi connectivity index (χ1v) is 7.93. The number of halogens is 6. The van der Waals surface area contributed by atoms with E-state index in [0.29, 0.717) is 22.6 Å². The average molecular weight is 400 g/mol. The smallest absolute Gasteiger partial charge is 0.429 e. The molecule has 3 rings (SSSR count). The lowest BCUT2D eigenvalue weighted by Crippen LogP contribution is -2.25. The van der Waals surface area contributed by atoms with Crippen LogP contribution in [0.4, 0.5) is 26.3 Å². The lowest BCUT2D eigenvalue weighted by atomic mass is 10.0. The highest BCUT2D eigenvalue weighted by Gasteiger charge is 2.41. The van der Waals surface area contributed by atoms with Gasteiger partial charge in [-0.15, -0.1) is 12.6 Å². The van der Waals surface area contributed by atoms with Gasteiger partial charge in [0.05, 0.1) is 0 Å².